The Morgan fingerprint density at radius 2 is 2.10 bits per heavy atom. The van der Waals surface area contributed by atoms with E-state index in [9.17, 15) is 14.7 Å². The molecule has 0 unspecified atom stereocenters. The monoisotopic (exact) mass is 272 g/mol. The molecular weight excluding hydrogens is 256 g/mol. The van der Waals surface area contributed by atoms with Gasteiger partial charge < -0.3 is 10.4 Å². The number of hydrogen-bond acceptors (Lipinski definition) is 3. The van der Waals surface area contributed by atoms with Gasteiger partial charge in [-0.3, -0.25) is 14.5 Å². The van der Waals surface area contributed by atoms with Crippen molar-refractivity contribution in [3.63, 3.8) is 0 Å². The fraction of sp³-hybridized carbons (Fsp3) is 0.333. The van der Waals surface area contributed by atoms with Gasteiger partial charge in [-0.15, -0.1) is 6.42 Å². The number of carbonyl (C=O) groups is 2. The van der Waals surface area contributed by atoms with Crippen molar-refractivity contribution in [3.05, 3.63) is 35.4 Å². The largest absolute Gasteiger partial charge is 0.480 e. The van der Waals surface area contributed by atoms with Crippen molar-refractivity contribution in [1.82, 2.24) is 10.2 Å². The Morgan fingerprint density at radius 1 is 1.40 bits per heavy atom. The van der Waals surface area contributed by atoms with Crippen LogP contribution in [0.25, 0.3) is 0 Å². The third-order valence-corrected chi connectivity index (χ3v) is 3.37. The van der Waals surface area contributed by atoms with E-state index in [1.165, 1.54) is 0 Å². The van der Waals surface area contributed by atoms with Crippen LogP contribution in [0.5, 0.6) is 0 Å². The van der Waals surface area contributed by atoms with Crippen molar-refractivity contribution < 1.29 is 14.7 Å². The number of terminal acetylenes is 1. The van der Waals surface area contributed by atoms with E-state index in [4.69, 9.17) is 6.42 Å². The molecule has 0 fully saturated rings. The summed E-state index contributed by atoms with van der Waals surface area (Å²) in [5.41, 5.74) is 2.09. The third kappa shape index (κ3) is 3.16. The highest BCUT2D eigenvalue weighted by molar-refractivity contribution is 5.80. The predicted octanol–water partition coefficient (Wildman–Crippen LogP) is 0.247. The Labute approximate surface area is 117 Å². The Hall–Kier alpha value is -2.32. The van der Waals surface area contributed by atoms with Gasteiger partial charge in [-0.25, -0.2) is 0 Å². The minimum absolute atomic E-state index is 0.0347. The van der Waals surface area contributed by atoms with Crippen LogP contribution in [-0.4, -0.2) is 41.0 Å². The summed E-state index contributed by atoms with van der Waals surface area (Å²) in [5, 5.41) is 11.9. The second-order valence-corrected chi connectivity index (χ2v) is 4.71. The summed E-state index contributed by atoms with van der Waals surface area (Å²) in [4.78, 5) is 24.7. The minimum Gasteiger partial charge on any atom is -0.480 e. The molecule has 1 heterocycles. The van der Waals surface area contributed by atoms with Crippen LogP contribution in [-0.2, 0) is 22.6 Å². The van der Waals surface area contributed by atoms with Crippen LogP contribution in [0.3, 0.4) is 0 Å². The number of hydrogen-bond donors (Lipinski definition) is 2. The first-order chi connectivity index (χ1) is 9.61. The van der Waals surface area contributed by atoms with E-state index in [-0.39, 0.29) is 19.0 Å². The van der Waals surface area contributed by atoms with Gasteiger partial charge in [0.15, 0.2) is 0 Å². The highest BCUT2D eigenvalue weighted by atomic mass is 16.4. The average Bonchev–Trinajstić information content (AvgIpc) is 2.44. The number of carboxylic acids is 1. The molecule has 1 amide bonds. The first-order valence-electron chi connectivity index (χ1n) is 6.35. The van der Waals surface area contributed by atoms with E-state index >= 15 is 0 Å². The Balaban J connectivity index is 2.12. The van der Waals surface area contributed by atoms with Crippen LogP contribution in [0.1, 0.15) is 11.1 Å². The van der Waals surface area contributed by atoms with E-state index in [0.29, 0.717) is 13.0 Å². The molecular formula is C15H16N2O3. The lowest BCUT2D eigenvalue weighted by Crippen LogP contribution is -2.49. The highest BCUT2D eigenvalue weighted by Gasteiger charge is 2.32. The zero-order valence-corrected chi connectivity index (χ0v) is 11.0. The fourth-order valence-corrected chi connectivity index (χ4v) is 2.38. The van der Waals surface area contributed by atoms with E-state index in [1.54, 1.807) is 4.90 Å². The number of aliphatic carboxylic acids is 1. The van der Waals surface area contributed by atoms with Gasteiger partial charge in [0.2, 0.25) is 5.91 Å². The molecule has 0 aliphatic carbocycles. The molecule has 0 radical (unpaired) electrons. The van der Waals surface area contributed by atoms with Gasteiger partial charge >= 0.3 is 5.97 Å². The SMILES string of the molecule is C#CCNC(=O)CN1Cc2ccccc2C[C@H]1C(=O)O. The number of fused-ring (bicyclic) bond motifs is 1. The quantitative estimate of drug-likeness (QED) is 0.771. The van der Waals surface area contributed by atoms with Crippen LogP contribution in [0.2, 0.25) is 0 Å². The molecule has 1 aliphatic rings. The van der Waals surface area contributed by atoms with Crippen LogP contribution >= 0.6 is 0 Å². The number of rotatable bonds is 4. The maximum Gasteiger partial charge on any atom is 0.321 e. The lowest BCUT2D eigenvalue weighted by Gasteiger charge is -2.33. The molecule has 5 nitrogen and oxygen atoms in total. The molecule has 0 bridgehead atoms. The molecule has 0 spiro atoms. The molecule has 0 aromatic heterocycles. The zero-order valence-electron chi connectivity index (χ0n) is 11.0. The molecule has 0 saturated heterocycles. The molecule has 104 valence electrons. The predicted molar refractivity (Wildman–Crippen MR) is 73.8 cm³/mol. The molecule has 5 heteroatoms. The van der Waals surface area contributed by atoms with E-state index < -0.39 is 12.0 Å². The molecule has 1 aromatic rings. The second kappa shape index (κ2) is 6.22. The van der Waals surface area contributed by atoms with Gasteiger partial charge in [0.1, 0.15) is 6.04 Å². The Bertz CT molecular complexity index is 562. The van der Waals surface area contributed by atoms with Crippen molar-refractivity contribution in [1.29, 1.82) is 0 Å². The molecule has 2 rings (SSSR count). The van der Waals surface area contributed by atoms with Crippen molar-refractivity contribution in [2.75, 3.05) is 13.1 Å². The summed E-state index contributed by atoms with van der Waals surface area (Å²) < 4.78 is 0. The molecule has 0 saturated carbocycles. The summed E-state index contributed by atoms with van der Waals surface area (Å²) in [6.45, 7) is 0.643. The number of nitrogens with zero attached hydrogens (tertiary/aromatic N) is 1. The number of amides is 1. The first-order valence-corrected chi connectivity index (χ1v) is 6.35. The summed E-state index contributed by atoms with van der Waals surface area (Å²) in [5.74, 6) is 1.15. The first kappa shape index (κ1) is 14.1. The van der Waals surface area contributed by atoms with Gasteiger partial charge in [-0.2, -0.15) is 0 Å². The molecule has 1 atom stereocenters. The normalized spacial score (nSPS) is 17.9. The van der Waals surface area contributed by atoms with Crippen molar-refractivity contribution in [2.45, 2.75) is 19.0 Å². The Kier molecular flexibility index (Phi) is 4.38. The van der Waals surface area contributed by atoms with E-state index in [2.05, 4.69) is 11.2 Å². The number of carbonyl (C=O) groups excluding carboxylic acids is 1. The number of nitrogens with one attached hydrogen (secondary N) is 1. The van der Waals surface area contributed by atoms with Gasteiger partial charge in [-0.05, 0) is 17.5 Å². The second-order valence-electron chi connectivity index (χ2n) is 4.71. The van der Waals surface area contributed by atoms with E-state index in [0.717, 1.165) is 11.1 Å². The van der Waals surface area contributed by atoms with Crippen LogP contribution in [0.4, 0.5) is 0 Å². The smallest absolute Gasteiger partial charge is 0.321 e. The van der Waals surface area contributed by atoms with Crippen LogP contribution in [0, 0.1) is 12.3 Å². The lowest BCUT2D eigenvalue weighted by molar-refractivity contribution is -0.144. The van der Waals surface area contributed by atoms with Gasteiger partial charge in [-0.1, -0.05) is 30.2 Å². The van der Waals surface area contributed by atoms with Crippen molar-refractivity contribution in [3.8, 4) is 12.3 Å². The number of benzene rings is 1. The van der Waals surface area contributed by atoms with Crippen molar-refractivity contribution >= 4 is 11.9 Å². The Morgan fingerprint density at radius 3 is 2.75 bits per heavy atom. The maximum absolute atomic E-state index is 11.7. The average molecular weight is 272 g/mol. The van der Waals surface area contributed by atoms with Gasteiger partial charge in [0.05, 0.1) is 13.1 Å². The minimum atomic E-state index is -0.913. The lowest BCUT2D eigenvalue weighted by atomic mass is 9.94. The van der Waals surface area contributed by atoms with Gasteiger partial charge in [0.25, 0.3) is 0 Å². The number of carboxylic acid groups (broad SMARTS) is 1. The standard InChI is InChI=1S/C15H16N2O3/c1-2-7-16-14(18)10-17-9-12-6-4-3-5-11(12)8-13(17)15(19)20/h1,3-6,13H,7-10H2,(H,16,18)(H,19,20)/t13-/m0/s1. The molecule has 1 aliphatic heterocycles. The molecule has 20 heavy (non-hydrogen) atoms. The van der Waals surface area contributed by atoms with Gasteiger partial charge in [0, 0.05) is 6.54 Å². The topological polar surface area (TPSA) is 69.6 Å². The summed E-state index contributed by atoms with van der Waals surface area (Å²) in [6.07, 6.45) is 5.49. The third-order valence-electron chi connectivity index (χ3n) is 3.37. The summed E-state index contributed by atoms with van der Waals surface area (Å²) >= 11 is 0. The molecule has 1 aromatic carbocycles. The highest BCUT2D eigenvalue weighted by Crippen LogP contribution is 2.23. The van der Waals surface area contributed by atoms with Crippen LogP contribution < -0.4 is 5.32 Å². The van der Waals surface area contributed by atoms with E-state index in [1.807, 2.05) is 24.3 Å². The zero-order chi connectivity index (χ0) is 14.5. The summed E-state index contributed by atoms with van der Waals surface area (Å²) in [7, 11) is 0. The maximum atomic E-state index is 11.7. The van der Waals surface area contributed by atoms with Crippen LogP contribution in [0.15, 0.2) is 24.3 Å². The van der Waals surface area contributed by atoms with Crippen molar-refractivity contribution in [2.24, 2.45) is 0 Å². The summed E-state index contributed by atoms with van der Waals surface area (Å²) in [6, 6.07) is 7.02. The fourth-order valence-electron chi connectivity index (χ4n) is 2.38. The molecule has 2 N–H and O–H groups in total.